The molecule has 1 saturated carbocycles. The number of carbonyl (C=O) groups is 5. The number of carboxylic acid groups (broad SMARTS) is 1. The molecule has 46 heavy (non-hydrogen) atoms. The van der Waals surface area contributed by atoms with Gasteiger partial charge < -0.3 is 34.9 Å². The van der Waals surface area contributed by atoms with Crippen molar-refractivity contribution in [2.24, 2.45) is 5.92 Å². The Morgan fingerprint density at radius 1 is 0.978 bits per heavy atom. The molecule has 2 saturated heterocycles. The highest BCUT2D eigenvalue weighted by Crippen LogP contribution is 2.45. The number of aliphatic carboxylic acids is 1. The molecule has 1 aromatic carbocycles. The Morgan fingerprint density at radius 2 is 1.72 bits per heavy atom. The lowest BCUT2D eigenvalue weighted by Crippen LogP contribution is -2.56. The number of hydrogen-bond acceptors (Lipinski definition) is 8. The second-order valence-corrected chi connectivity index (χ2v) is 12.9. The summed E-state index contributed by atoms with van der Waals surface area (Å²) in [6, 6.07) is 5.66. The van der Waals surface area contributed by atoms with Crippen LogP contribution in [0.1, 0.15) is 68.9 Å². The number of carbonyl (C=O) groups excluding carboxylic acids is 4. The van der Waals surface area contributed by atoms with Crippen molar-refractivity contribution in [3.63, 3.8) is 0 Å². The maximum atomic E-state index is 14.2. The van der Waals surface area contributed by atoms with E-state index in [0.717, 1.165) is 30.4 Å². The molecule has 13 nitrogen and oxygen atoms in total. The highest BCUT2D eigenvalue weighted by Gasteiger charge is 2.61. The van der Waals surface area contributed by atoms with E-state index in [1.165, 1.54) is 4.90 Å². The highest BCUT2D eigenvalue weighted by molar-refractivity contribution is 5.96. The van der Waals surface area contributed by atoms with Crippen LogP contribution in [-0.4, -0.2) is 94.5 Å². The molecular weight excluding hydrogens is 596 g/mol. The molecule has 5 atom stereocenters. The molecule has 0 spiro atoms. The van der Waals surface area contributed by atoms with Crippen molar-refractivity contribution in [2.45, 2.75) is 101 Å². The summed E-state index contributed by atoms with van der Waals surface area (Å²) in [5.41, 5.74) is 0.604. The van der Waals surface area contributed by atoms with Crippen LogP contribution in [0.2, 0.25) is 0 Å². The molecule has 248 valence electrons. The van der Waals surface area contributed by atoms with Gasteiger partial charge in [0, 0.05) is 38.3 Å². The number of benzene rings is 1. The minimum atomic E-state index is -1.45. The summed E-state index contributed by atoms with van der Waals surface area (Å²) in [5, 5.41) is 15.5. The van der Waals surface area contributed by atoms with E-state index in [9.17, 15) is 29.1 Å². The van der Waals surface area contributed by atoms with E-state index in [0.29, 0.717) is 52.0 Å². The molecule has 4 amide bonds. The Balaban J connectivity index is 1.20. The molecule has 1 aliphatic carbocycles. The number of amides is 4. The minimum Gasteiger partial charge on any atom is -0.479 e. The zero-order valence-corrected chi connectivity index (χ0v) is 25.9. The van der Waals surface area contributed by atoms with Crippen molar-refractivity contribution in [2.75, 3.05) is 19.8 Å². The van der Waals surface area contributed by atoms with Gasteiger partial charge in [0.2, 0.25) is 11.8 Å². The molecule has 6 rings (SSSR count). The van der Waals surface area contributed by atoms with E-state index in [4.69, 9.17) is 14.2 Å². The topological polar surface area (TPSA) is 164 Å². The summed E-state index contributed by atoms with van der Waals surface area (Å²) >= 11 is 0. The second kappa shape index (κ2) is 13.7. The van der Waals surface area contributed by atoms with Gasteiger partial charge in [-0.3, -0.25) is 14.5 Å². The summed E-state index contributed by atoms with van der Waals surface area (Å²) < 4.78 is 16.8. The Hall–Kier alpha value is -4.13. The molecule has 4 heterocycles. The number of nitrogens with zero attached hydrogens (tertiary/aromatic N) is 2. The van der Waals surface area contributed by atoms with Gasteiger partial charge in [0.25, 0.3) is 0 Å². The monoisotopic (exact) mass is 638 g/mol. The highest BCUT2D eigenvalue weighted by atomic mass is 16.6. The number of rotatable bonds is 4. The largest absolute Gasteiger partial charge is 0.479 e. The van der Waals surface area contributed by atoms with Crippen LogP contribution in [0.3, 0.4) is 0 Å². The van der Waals surface area contributed by atoms with Gasteiger partial charge in [-0.1, -0.05) is 49.3 Å². The quantitative estimate of drug-likeness (QED) is 0.421. The molecule has 0 aromatic heterocycles. The number of nitrogens with one attached hydrogen (secondary N) is 2. The predicted octanol–water partition coefficient (Wildman–Crippen LogP) is 2.86. The van der Waals surface area contributed by atoms with Gasteiger partial charge in [-0.05, 0) is 36.8 Å². The first-order valence-corrected chi connectivity index (χ1v) is 16.3. The fraction of sp³-hybridized carbons (Fsp3) is 0.606. The zero-order valence-electron chi connectivity index (χ0n) is 25.9. The average Bonchev–Trinajstić information content (AvgIpc) is 3.34. The van der Waals surface area contributed by atoms with Crippen molar-refractivity contribution >= 4 is 30.0 Å². The normalized spacial score (nSPS) is 30.2. The van der Waals surface area contributed by atoms with Gasteiger partial charge in [-0.15, -0.1) is 0 Å². The predicted molar refractivity (Wildman–Crippen MR) is 162 cm³/mol. The molecule has 5 aliphatic rings. The van der Waals surface area contributed by atoms with Crippen LogP contribution in [0.15, 0.2) is 36.4 Å². The SMILES string of the molecule is O=C(N[C@H]1CCCCCC=C[C@@H]2C[C@@]2(C(=O)O)NC(=O)[C@@H]2C[C@@H](OC(=O)N3Cc4ccccc4C3)CN2C1=O)OC1CCOCC1. The number of carboxylic acids is 1. The summed E-state index contributed by atoms with van der Waals surface area (Å²) in [4.78, 5) is 69.3. The lowest BCUT2D eigenvalue weighted by atomic mass is 10.0. The standard InChI is InChI=1S/C33H42N4O9/c38-28-27-16-25(46-32(43)36-18-21-8-6-7-9-22(21)19-36)20-37(27)29(39)26(34-31(42)45-24-12-14-44-15-13-24)11-5-3-1-2-4-10-23-17-33(23,35-28)30(40)41/h4,6-10,23-27H,1-3,5,11-20H2,(H,34,42)(H,35,38)(H,40,41)/t23-,25-,26+,27+,33-/m1/s1. The fourth-order valence-corrected chi connectivity index (χ4v) is 6.95. The van der Waals surface area contributed by atoms with Crippen molar-refractivity contribution in [3.05, 3.63) is 47.5 Å². The third kappa shape index (κ3) is 6.98. The molecule has 3 fully saturated rings. The summed E-state index contributed by atoms with van der Waals surface area (Å²) in [7, 11) is 0. The fourth-order valence-electron chi connectivity index (χ4n) is 6.95. The molecule has 1 aromatic rings. The Bertz CT molecular complexity index is 1350. The van der Waals surface area contributed by atoms with Crippen LogP contribution in [0.5, 0.6) is 0 Å². The average molecular weight is 639 g/mol. The minimum absolute atomic E-state index is 0.000449. The van der Waals surface area contributed by atoms with Crippen LogP contribution in [0.25, 0.3) is 0 Å². The Labute approximate surface area is 267 Å². The third-order valence-corrected chi connectivity index (χ3v) is 9.72. The molecule has 0 bridgehead atoms. The van der Waals surface area contributed by atoms with Gasteiger partial charge in [-0.2, -0.15) is 0 Å². The number of alkyl carbamates (subject to hydrolysis) is 1. The Morgan fingerprint density at radius 3 is 2.43 bits per heavy atom. The maximum Gasteiger partial charge on any atom is 0.410 e. The van der Waals surface area contributed by atoms with E-state index >= 15 is 0 Å². The first-order valence-electron chi connectivity index (χ1n) is 16.3. The molecule has 0 radical (unpaired) electrons. The molecule has 4 aliphatic heterocycles. The van der Waals surface area contributed by atoms with Crippen molar-refractivity contribution in [3.8, 4) is 0 Å². The first-order chi connectivity index (χ1) is 22.2. The van der Waals surface area contributed by atoms with Crippen molar-refractivity contribution < 1.29 is 43.3 Å². The van der Waals surface area contributed by atoms with E-state index in [-0.39, 0.29) is 31.4 Å². The van der Waals surface area contributed by atoms with Crippen molar-refractivity contribution in [1.82, 2.24) is 20.4 Å². The van der Waals surface area contributed by atoms with Gasteiger partial charge in [0.1, 0.15) is 29.8 Å². The number of fused-ring (bicyclic) bond motifs is 3. The summed E-state index contributed by atoms with van der Waals surface area (Å²) in [5.74, 6) is -2.62. The van der Waals surface area contributed by atoms with Crippen LogP contribution >= 0.6 is 0 Å². The van der Waals surface area contributed by atoms with Gasteiger partial charge in [0.05, 0.1) is 19.8 Å². The van der Waals surface area contributed by atoms with Gasteiger partial charge in [0.15, 0.2) is 0 Å². The Kier molecular flexibility index (Phi) is 9.48. The van der Waals surface area contributed by atoms with Gasteiger partial charge >= 0.3 is 18.2 Å². The third-order valence-electron chi connectivity index (χ3n) is 9.72. The maximum absolute atomic E-state index is 14.2. The summed E-state index contributed by atoms with van der Waals surface area (Å²) in [6.07, 6.45) is 6.11. The number of hydrogen-bond donors (Lipinski definition) is 3. The van der Waals surface area contributed by atoms with Crippen LogP contribution < -0.4 is 10.6 Å². The number of allylic oxidation sites excluding steroid dienone is 1. The van der Waals surface area contributed by atoms with Crippen LogP contribution in [0, 0.1) is 5.92 Å². The lowest BCUT2D eigenvalue weighted by Gasteiger charge is -2.30. The first kappa shape index (κ1) is 31.8. The van der Waals surface area contributed by atoms with E-state index in [1.807, 2.05) is 36.4 Å². The van der Waals surface area contributed by atoms with E-state index < -0.39 is 53.7 Å². The lowest BCUT2D eigenvalue weighted by molar-refractivity contribution is -0.145. The van der Waals surface area contributed by atoms with Crippen molar-refractivity contribution in [1.29, 1.82) is 0 Å². The molecule has 13 heteroatoms. The number of ether oxygens (including phenoxy) is 3. The van der Waals surface area contributed by atoms with E-state index in [2.05, 4.69) is 10.6 Å². The molecule has 0 unspecified atom stereocenters. The van der Waals surface area contributed by atoms with Gasteiger partial charge in [-0.25, -0.2) is 14.4 Å². The summed E-state index contributed by atoms with van der Waals surface area (Å²) in [6.45, 7) is 1.69. The van der Waals surface area contributed by atoms with E-state index in [1.54, 1.807) is 4.90 Å². The van der Waals surface area contributed by atoms with Crippen LogP contribution in [0.4, 0.5) is 9.59 Å². The second-order valence-electron chi connectivity index (χ2n) is 12.9. The zero-order chi connectivity index (χ0) is 32.3. The molecular formula is C33H42N4O9. The smallest absolute Gasteiger partial charge is 0.410 e. The molecule has 3 N–H and O–H groups in total. The van der Waals surface area contributed by atoms with Crippen LogP contribution in [-0.2, 0) is 41.7 Å².